The van der Waals surface area contributed by atoms with Gasteiger partial charge in [0.2, 0.25) is 0 Å². The van der Waals surface area contributed by atoms with Gasteiger partial charge in [0.15, 0.2) is 0 Å². The molecule has 2 heterocycles. The molecule has 3 heteroatoms. The van der Waals surface area contributed by atoms with E-state index in [9.17, 15) is 0 Å². The van der Waals surface area contributed by atoms with Gasteiger partial charge in [-0.25, -0.2) is 4.98 Å². The van der Waals surface area contributed by atoms with Crippen LogP contribution in [-0.4, -0.2) is 9.97 Å². The minimum Gasteiger partial charge on any atom is -0.456 e. The van der Waals surface area contributed by atoms with Crippen molar-refractivity contribution in [1.29, 1.82) is 0 Å². The normalized spacial score (nSPS) is 13.3. The maximum absolute atomic E-state index is 6.36. The van der Waals surface area contributed by atoms with Gasteiger partial charge in [0, 0.05) is 32.5 Å². The first-order valence-corrected chi connectivity index (χ1v) is 17.9. The maximum atomic E-state index is 6.36. The van der Waals surface area contributed by atoms with Crippen molar-refractivity contribution >= 4 is 54.5 Å². The van der Waals surface area contributed by atoms with E-state index in [1.165, 1.54) is 44.2 Å². The van der Waals surface area contributed by atoms with Gasteiger partial charge >= 0.3 is 0 Å². The number of nitrogens with zero attached hydrogens (tertiary/aromatic N) is 2. The van der Waals surface area contributed by atoms with E-state index in [1.54, 1.807) is 0 Å². The van der Waals surface area contributed by atoms with Gasteiger partial charge in [-0.2, -0.15) is 0 Å². The molecular formula is C49H32N2O. The van der Waals surface area contributed by atoms with Gasteiger partial charge in [-0.05, 0) is 91.7 Å². The lowest BCUT2D eigenvalue weighted by atomic mass is 9.81. The van der Waals surface area contributed by atoms with Crippen molar-refractivity contribution in [3.63, 3.8) is 0 Å². The highest BCUT2D eigenvalue weighted by Gasteiger charge is 2.35. The summed E-state index contributed by atoms with van der Waals surface area (Å²) < 4.78 is 6.36. The lowest BCUT2D eigenvalue weighted by Gasteiger charge is -2.22. The molecule has 1 aliphatic carbocycles. The molecule has 0 spiro atoms. The summed E-state index contributed by atoms with van der Waals surface area (Å²) in [5.41, 5.74) is 15.6. The Bertz CT molecular complexity index is 3080. The van der Waals surface area contributed by atoms with E-state index in [0.717, 1.165) is 66.1 Å². The molecule has 0 amide bonds. The van der Waals surface area contributed by atoms with Crippen LogP contribution in [0.25, 0.3) is 99.2 Å². The lowest BCUT2D eigenvalue weighted by molar-refractivity contribution is 0.660. The molecule has 0 radical (unpaired) electrons. The Morgan fingerprint density at radius 1 is 0.423 bits per heavy atom. The van der Waals surface area contributed by atoms with Crippen molar-refractivity contribution in [1.82, 2.24) is 9.97 Å². The minimum atomic E-state index is -0.0432. The zero-order chi connectivity index (χ0) is 34.6. The molecule has 8 aromatic carbocycles. The van der Waals surface area contributed by atoms with Gasteiger partial charge in [0.25, 0.3) is 0 Å². The predicted octanol–water partition coefficient (Wildman–Crippen LogP) is 13.1. The summed E-state index contributed by atoms with van der Waals surface area (Å²) in [6.07, 6.45) is 1.91. The molecule has 2 aromatic heterocycles. The fourth-order valence-corrected chi connectivity index (χ4v) is 8.64. The molecule has 52 heavy (non-hydrogen) atoms. The van der Waals surface area contributed by atoms with Gasteiger partial charge in [0.1, 0.15) is 11.2 Å². The predicted molar refractivity (Wildman–Crippen MR) is 216 cm³/mol. The lowest BCUT2D eigenvalue weighted by Crippen LogP contribution is -2.14. The van der Waals surface area contributed by atoms with E-state index in [2.05, 4.69) is 166 Å². The van der Waals surface area contributed by atoms with Crippen molar-refractivity contribution in [2.24, 2.45) is 0 Å². The molecule has 244 valence electrons. The highest BCUT2D eigenvalue weighted by Crippen LogP contribution is 2.49. The van der Waals surface area contributed by atoms with Crippen LogP contribution in [0.4, 0.5) is 0 Å². The number of fused-ring (bicyclic) bond motifs is 12. The molecule has 1 aliphatic rings. The molecule has 0 N–H and O–H groups in total. The second-order valence-electron chi connectivity index (χ2n) is 14.6. The van der Waals surface area contributed by atoms with E-state index >= 15 is 0 Å². The number of benzene rings is 8. The van der Waals surface area contributed by atoms with Crippen LogP contribution in [0, 0.1) is 0 Å². The summed E-state index contributed by atoms with van der Waals surface area (Å²) >= 11 is 0. The van der Waals surface area contributed by atoms with E-state index in [0.29, 0.717) is 0 Å². The van der Waals surface area contributed by atoms with Crippen molar-refractivity contribution in [3.8, 4) is 44.6 Å². The summed E-state index contributed by atoms with van der Waals surface area (Å²) in [4.78, 5) is 10.2. The van der Waals surface area contributed by atoms with Crippen LogP contribution in [0.1, 0.15) is 25.0 Å². The van der Waals surface area contributed by atoms with Crippen LogP contribution in [0.5, 0.6) is 0 Å². The zero-order valence-corrected chi connectivity index (χ0v) is 28.8. The number of aromatic nitrogens is 2. The Labute approximate surface area is 300 Å². The molecule has 11 rings (SSSR count). The first kappa shape index (κ1) is 29.2. The number of hydrogen-bond acceptors (Lipinski definition) is 3. The summed E-state index contributed by atoms with van der Waals surface area (Å²) in [5.74, 6) is 0. The van der Waals surface area contributed by atoms with Crippen molar-refractivity contribution in [3.05, 3.63) is 169 Å². The summed E-state index contributed by atoms with van der Waals surface area (Å²) in [6, 6.07) is 54.4. The van der Waals surface area contributed by atoms with E-state index in [1.807, 2.05) is 6.20 Å². The van der Waals surface area contributed by atoms with E-state index in [-0.39, 0.29) is 5.41 Å². The zero-order valence-electron chi connectivity index (χ0n) is 28.8. The quantitative estimate of drug-likeness (QED) is 0.176. The van der Waals surface area contributed by atoms with Crippen LogP contribution in [0.3, 0.4) is 0 Å². The maximum Gasteiger partial charge on any atom is 0.135 e. The van der Waals surface area contributed by atoms with Gasteiger partial charge in [-0.15, -0.1) is 0 Å². The molecule has 3 nitrogen and oxygen atoms in total. The van der Waals surface area contributed by atoms with Crippen LogP contribution in [0.15, 0.2) is 162 Å². The summed E-state index contributed by atoms with van der Waals surface area (Å²) in [6.45, 7) is 4.67. The van der Waals surface area contributed by atoms with Crippen LogP contribution in [-0.2, 0) is 5.41 Å². The number of rotatable bonds is 3. The molecule has 0 bridgehead atoms. The monoisotopic (exact) mass is 664 g/mol. The van der Waals surface area contributed by atoms with Crippen molar-refractivity contribution in [2.75, 3.05) is 0 Å². The second kappa shape index (κ2) is 10.7. The second-order valence-corrected chi connectivity index (χ2v) is 14.6. The van der Waals surface area contributed by atoms with Gasteiger partial charge in [-0.3, -0.25) is 4.98 Å². The van der Waals surface area contributed by atoms with E-state index in [4.69, 9.17) is 14.4 Å². The third kappa shape index (κ3) is 4.20. The van der Waals surface area contributed by atoms with Gasteiger partial charge in [-0.1, -0.05) is 129 Å². The molecule has 10 aromatic rings. The smallest absolute Gasteiger partial charge is 0.135 e. The molecule has 0 fully saturated rings. The first-order valence-electron chi connectivity index (χ1n) is 17.9. The van der Waals surface area contributed by atoms with Crippen molar-refractivity contribution in [2.45, 2.75) is 19.3 Å². The fraction of sp³-hybridized carbons (Fsp3) is 0.0612. The number of hydrogen-bond donors (Lipinski definition) is 0. The average Bonchev–Trinajstić information content (AvgIpc) is 3.68. The van der Waals surface area contributed by atoms with Crippen LogP contribution in [0.2, 0.25) is 0 Å². The van der Waals surface area contributed by atoms with Gasteiger partial charge < -0.3 is 4.42 Å². The third-order valence-electron chi connectivity index (χ3n) is 11.3. The third-order valence-corrected chi connectivity index (χ3v) is 11.3. The molecule has 0 aliphatic heterocycles. The first-order chi connectivity index (χ1) is 25.5. The van der Waals surface area contributed by atoms with Gasteiger partial charge in [0.05, 0.1) is 22.9 Å². The highest BCUT2D eigenvalue weighted by molar-refractivity contribution is 6.23. The van der Waals surface area contributed by atoms with Crippen LogP contribution >= 0.6 is 0 Å². The van der Waals surface area contributed by atoms with Crippen LogP contribution < -0.4 is 0 Å². The topological polar surface area (TPSA) is 38.9 Å². The minimum absolute atomic E-state index is 0.0432. The Balaban J connectivity index is 0.997. The Hall–Kier alpha value is -6.58. The largest absolute Gasteiger partial charge is 0.456 e. The molecule has 0 saturated carbocycles. The highest BCUT2D eigenvalue weighted by atomic mass is 16.3. The standard InChI is InChI=1S/C49H32N2O/c1-49(2)42-17-8-7-14-36(42)37-21-18-32(27-43(37)49)31-20-23-46-41(26-31)40-25-30(19-22-45(40)52-46)29-10-9-11-33(24-29)44-28-50-47-38-15-5-3-12-34(38)35-13-4-6-16-39(35)48(47)51-44/h3-28H,1-2H3. The Kier molecular flexibility index (Phi) is 6.01. The van der Waals surface area contributed by atoms with Crippen molar-refractivity contribution < 1.29 is 4.42 Å². The number of furan rings is 1. The summed E-state index contributed by atoms with van der Waals surface area (Å²) in [7, 11) is 0. The Morgan fingerprint density at radius 3 is 1.71 bits per heavy atom. The average molecular weight is 665 g/mol. The molecule has 0 unspecified atom stereocenters. The molecule has 0 atom stereocenters. The molecule has 0 saturated heterocycles. The Morgan fingerprint density at radius 2 is 0.981 bits per heavy atom. The fourth-order valence-electron chi connectivity index (χ4n) is 8.64. The van der Waals surface area contributed by atoms with E-state index < -0.39 is 0 Å². The summed E-state index contributed by atoms with van der Waals surface area (Å²) in [5, 5.41) is 6.86. The SMILES string of the molecule is CC1(C)c2ccccc2-c2ccc(-c3ccc4oc5ccc(-c6cccc(-c7cnc8c9ccccc9c9ccccc9c8n7)c6)cc5c4c3)cc21. The molecular weight excluding hydrogens is 633 g/mol.